The van der Waals surface area contributed by atoms with E-state index in [1.54, 1.807) is 12.3 Å². The SMILES string of the molecule is O=C1CC=Nc2cc(Cl)ncc21. The summed E-state index contributed by atoms with van der Waals surface area (Å²) < 4.78 is 0. The van der Waals surface area contributed by atoms with Crippen LogP contribution in [0.2, 0.25) is 5.15 Å². The summed E-state index contributed by atoms with van der Waals surface area (Å²) in [5, 5.41) is 0.362. The molecule has 0 spiro atoms. The molecule has 1 aromatic heterocycles. The summed E-state index contributed by atoms with van der Waals surface area (Å²) in [6.07, 6.45) is 3.41. The highest BCUT2D eigenvalue weighted by atomic mass is 35.5. The molecule has 1 aliphatic rings. The minimum Gasteiger partial charge on any atom is -0.294 e. The van der Waals surface area contributed by atoms with Crippen molar-refractivity contribution in [3.05, 3.63) is 23.0 Å². The summed E-state index contributed by atoms with van der Waals surface area (Å²) in [6, 6.07) is 1.59. The molecular weight excluding hydrogens is 176 g/mol. The zero-order valence-electron chi connectivity index (χ0n) is 6.12. The van der Waals surface area contributed by atoms with Crippen LogP contribution < -0.4 is 0 Å². The lowest BCUT2D eigenvalue weighted by Gasteiger charge is -2.06. The molecule has 0 N–H and O–H groups in total. The second-order valence-corrected chi connectivity index (χ2v) is 2.85. The number of Topliss-reactive ketones (excluding diaryl/α,β-unsaturated/α-hetero) is 1. The van der Waals surface area contributed by atoms with Crippen molar-refractivity contribution in [3.8, 4) is 0 Å². The molecule has 0 saturated heterocycles. The van der Waals surface area contributed by atoms with Gasteiger partial charge in [0, 0.05) is 24.9 Å². The van der Waals surface area contributed by atoms with Gasteiger partial charge in [-0.3, -0.25) is 9.79 Å². The Kier molecular flexibility index (Phi) is 1.66. The van der Waals surface area contributed by atoms with Crippen LogP contribution in [0.1, 0.15) is 16.8 Å². The van der Waals surface area contributed by atoms with Crippen LogP contribution in [0, 0.1) is 0 Å². The summed E-state index contributed by atoms with van der Waals surface area (Å²) >= 11 is 5.63. The van der Waals surface area contributed by atoms with E-state index >= 15 is 0 Å². The summed E-state index contributed by atoms with van der Waals surface area (Å²) in [6.45, 7) is 0. The molecule has 2 rings (SSSR count). The van der Waals surface area contributed by atoms with Gasteiger partial charge >= 0.3 is 0 Å². The van der Waals surface area contributed by atoms with E-state index in [1.807, 2.05) is 0 Å². The second kappa shape index (κ2) is 2.68. The number of ketones is 1. The Morgan fingerprint density at radius 3 is 3.17 bits per heavy atom. The lowest BCUT2D eigenvalue weighted by molar-refractivity contribution is 0.100. The normalized spacial score (nSPS) is 14.6. The maximum atomic E-state index is 11.2. The molecule has 0 saturated carbocycles. The molecule has 0 fully saturated rings. The predicted molar refractivity (Wildman–Crippen MR) is 46.3 cm³/mol. The van der Waals surface area contributed by atoms with Crippen LogP contribution in [0.25, 0.3) is 0 Å². The van der Waals surface area contributed by atoms with Crippen LogP contribution >= 0.6 is 11.6 Å². The molecule has 0 unspecified atom stereocenters. The van der Waals surface area contributed by atoms with Crippen molar-refractivity contribution in [2.45, 2.75) is 6.42 Å². The van der Waals surface area contributed by atoms with Crippen LogP contribution in [0.3, 0.4) is 0 Å². The van der Waals surface area contributed by atoms with Gasteiger partial charge in [0.05, 0.1) is 11.3 Å². The molecule has 0 atom stereocenters. The zero-order valence-corrected chi connectivity index (χ0v) is 6.88. The smallest absolute Gasteiger partial charge is 0.171 e. The van der Waals surface area contributed by atoms with Gasteiger partial charge in [-0.15, -0.1) is 0 Å². The van der Waals surface area contributed by atoms with Crippen molar-refractivity contribution in [2.75, 3.05) is 0 Å². The van der Waals surface area contributed by atoms with Gasteiger partial charge in [0.25, 0.3) is 0 Å². The highest BCUT2D eigenvalue weighted by Crippen LogP contribution is 2.25. The monoisotopic (exact) mass is 180 g/mol. The molecule has 1 aliphatic heterocycles. The fourth-order valence-corrected chi connectivity index (χ4v) is 1.23. The third kappa shape index (κ3) is 1.12. The van der Waals surface area contributed by atoms with E-state index in [2.05, 4.69) is 9.98 Å². The Morgan fingerprint density at radius 2 is 2.33 bits per heavy atom. The fourth-order valence-electron chi connectivity index (χ4n) is 1.08. The zero-order chi connectivity index (χ0) is 8.55. The number of fused-ring (bicyclic) bond motifs is 1. The minimum atomic E-state index is 0.0455. The van der Waals surface area contributed by atoms with E-state index in [9.17, 15) is 4.79 Å². The summed E-state index contributed by atoms with van der Waals surface area (Å²) in [4.78, 5) is 19.1. The maximum Gasteiger partial charge on any atom is 0.171 e. The molecular formula is C8H5ClN2O. The molecule has 2 heterocycles. The second-order valence-electron chi connectivity index (χ2n) is 2.46. The molecule has 0 radical (unpaired) electrons. The Bertz CT molecular complexity index is 373. The average Bonchev–Trinajstić information content (AvgIpc) is 2.04. The van der Waals surface area contributed by atoms with Crippen LogP contribution in [0.4, 0.5) is 5.69 Å². The number of aliphatic imine (C=N–C) groups is 1. The first-order valence-electron chi connectivity index (χ1n) is 3.48. The van der Waals surface area contributed by atoms with Crippen molar-refractivity contribution in [1.29, 1.82) is 0 Å². The first-order chi connectivity index (χ1) is 5.77. The van der Waals surface area contributed by atoms with Gasteiger partial charge in [0.1, 0.15) is 5.15 Å². The Morgan fingerprint density at radius 1 is 1.50 bits per heavy atom. The number of carbonyl (C=O) groups excluding carboxylic acids is 1. The van der Waals surface area contributed by atoms with Gasteiger partial charge in [-0.05, 0) is 0 Å². The highest BCUT2D eigenvalue weighted by molar-refractivity contribution is 6.30. The molecule has 60 valence electrons. The van der Waals surface area contributed by atoms with Gasteiger partial charge in [-0.2, -0.15) is 0 Å². The Labute approximate surface area is 74.1 Å². The highest BCUT2D eigenvalue weighted by Gasteiger charge is 2.14. The summed E-state index contributed by atoms with van der Waals surface area (Å²) in [5.41, 5.74) is 1.17. The van der Waals surface area contributed by atoms with Crippen molar-refractivity contribution >= 4 is 29.3 Å². The van der Waals surface area contributed by atoms with Crippen molar-refractivity contribution < 1.29 is 4.79 Å². The van der Waals surface area contributed by atoms with Crippen molar-refractivity contribution in [2.24, 2.45) is 4.99 Å². The van der Waals surface area contributed by atoms with Gasteiger partial charge in [0.15, 0.2) is 5.78 Å². The number of hydrogen-bond acceptors (Lipinski definition) is 3. The van der Waals surface area contributed by atoms with E-state index in [-0.39, 0.29) is 5.78 Å². The quantitative estimate of drug-likeness (QED) is 0.574. The van der Waals surface area contributed by atoms with Gasteiger partial charge in [-0.1, -0.05) is 11.6 Å². The maximum absolute atomic E-state index is 11.2. The van der Waals surface area contributed by atoms with E-state index in [0.29, 0.717) is 22.8 Å². The van der Waals surface area contributed by atoms with Crippen molar-refractivity contribution in [3.63, 3.8) is 0 Å². The number of pyridine rings is 1. The van der Waals surface area contributed by atoms with Crippen LogP contribution in [0.15, 0.2) is 17.3 Å². The molecule has 0 aromatic carbocycles. The number of rotatable bonds is 0. The van der Waals surface area contributed by atoms with Gasteiger partial charge in [0.2, 0.25) is 0 Å². The first-order valence-corrected chi connectivity index (χ1v) is 3.86. The minimum absolute atomic E-state index is 0.0455. The topological polar surface area (TPSA) is 42.3 Å². The number of hydrogen-bond donors (Lipinski definition) is 0. The summed E-state index contributed by atoms with van der Waals surface area (Å²) in [5.74, 6) is 0.0455. The number of aromatic nitrogens is 1. The first kappa shape index (κ1) is 7.43. The van der Waals surface area contributed by atoms with E-state index < -0.39 is 0 Å². The number of halogens is 1. The Balaban J connectivity index is 2.62. The molecule has 0 aliphatic carbocycles. The largest absolute Gasteiger partial charge is 0.294 e. The van der Waals surface area contributed by atoms with Crippen LogP contribution in [-0.2, 0) is 0 Å². The lowest BCUT2D eigenvalue weighted by Crippen LogP contribution is -2.04. The van der Waals surface area contributed by atoms with Crippen LogP contribution in [0.5, 0.6) is 0 Å². The van der Waals surface area contributed by atoms with E-state index in [1.165, 1.54) is 6.20 Å². The fraction of sp³-hybridized carbons (Fsp3) is 0.125. The Hall–Kier alpha value is -1.22. The molecule has 4 heteroatoms. The third-order valence-corrected chi connectivity index (χ3v) is 1.86. The molecule has 1 aromatic rings. The van der Waals surface area contributed by atoms with Gasteiger partial charge < -0.3 is 0 Å². The summed E-state index contributed by atoms with van der Waals surface area (Å²) in [7, 11) is 0. The third-order valence-electron chi connectivity index (χ3n) is 1.66. The van der Waals surface area contributed by atoms with E-state index in [0.717, 1.165) is 0 Å². The predicted octanol–water partition coefficient (Wildman–Crippen LogP) is 2.02. The molecule has 12 heavy (non-hydrogen) atoms. The molecule has 3 nitrogen and oxygen atoms in total. The number of nitrogens with zero attached hydrogens (tertiary/aromatic N) is 2. The number of carbonyl (C=O) groups is 1. The standard InChI is InChI=1S/C8H5ClN2O/c9-8-3-6-5(4-11-8)7(12)1-2-10-6/h2-4H,1H2. The van der Waals surface area contributed by atoms with E-state index in [4.69, 9.17) is 11.6 Å². The van der Waals surface area contributed by atoms with Crippen LogP contribution in [-0.4, -0.2) is 17.0 Å². The van der Waals surface area contributed by atoms with Crippen molar-refractivity contribution in [1.82, 2.24) is 4.98 Å². The lowest BCUT2D eigenvalue weighted by atomic mass is 10.1. The molecule has 0 bridgehead atoms. The molecule has 0 amide bonds. The van der Waals surface area contributed by atoms with Gasteiger partial charge in [-0.25, -0.2) is 4.98 Å². The average molecular weight is 181 g/mol.